The fraction of sp³-hybridized carbons (Fsp3) is 0.474. The number of hydrogen-bond acceptors (Lipinski definition) is 6. The van der Waals surface area contributed by atoms with Crippen molar-refractivity contribution >= 4 is 6.47 Å². The van der Waals surface area contributed by atoms with Gasteiger partial charge in [-0.3, -0.25) is 4.79 Å². The van der Waals surface area contributed by atoms with Crippen LogP contribution in [0.25, 0.3) is 11.4 Å². The van der Waals surface area contributed by atoms with Crippen LogP contribution in [-0.2, 0) is 16.1 Å². The highest BCUT2D eigenvalue weighted by molar-refractivity contribution is 5.56. The standard InChI is InChI=1S/C18H24N2O4.CH2O2/c21-9-12-24-16-3-1-15(2-4-16)17-19-7-8-20(17)13-18(14-22)5-10-23-11-6-18;2-1-3/h1-4,7-8,21-22H,5-6,9-14H2;1H,(H,2,3). The van der Waals surface area contributed by atoms with E-state index in [4.69, 9.17) is 24.5 Å². The van der Waals surface area contributed by atoms with E-state index >= 15 is 0 Å². The van der Waals surface area contributed by atoms with Gasteiger partial charge < -0.3 is 29.4 Å². The minimum absolute atomic E-state index is 0.000879. The van der Waals surface area contributed by atoms with E-state index in [2.05, 4.69) is 9.55 Å². The molecule has 148 valence electrons. The smallest absolute Gasteiger partial charge is 0.290 e. The first kappa shape index (κ1) is 20.9. The van der Waals surface area contributed by atoms with E-state index < -0.39 is 0 Å². The monoisotopic (exact) mass is 378 g/mol. The number of hydrogen-bond donors (Lipinski definition) is 3. The molecule has 1 aliphatic rings. The number of carbonyl (C=O) groups is 1. The molecule has 0 saturated carbocycles. The van der Waals surface area contributed by atoms with Crippen molar-refractivity contribution in [1.29, 1.82) is 0 Å². The fourth-order valence-corrected chi connectivity index (χ4v) is 3.09. The molecule has 0 bridgehead atoms. The predicted molar refractivity (Wildman–Crippen MR) is 98.5 cm³/mol. The molecule has 8 nitrogen and oxygen atoms in total. The van der Waals surface area contributed by atoms with Gasteiger partial charge >= 0.3 is 0 Å². The van der Waals surface area contributed by atoms with E-state index in [1.165, 1.54) is 0 Å². The number of nitrogens with zero attached hydrogens (tertiary/aromatic N) is 2. The van der Waals surface area contributed by atoms with Crippen molar-refractivity contribution in [2.24, 2.45) is 5.41 Å². The first-order chi connectivity index (χ1) is 13.2. The molecule has 1 aromatic heterocycles. The maximum Gasteiger partial charge on any atom is 0.290 e. The Kier molecular flexibility index (Phi) is 8.25. The fourth-order valence-electron chi connectivity index (χ4n) is 3.09. The Labute approximate surface area is 158 Å². The maximum atomic E-state index is 9.89. The van der Waals surface area contributed by atoms with Crippen LogP contribution in [0.4, 0.5) is 0 Å². The van der Waals surface area contributed by atoms with Gasteiger partial charge in [0.25, 0.3) is 6.47 Å². The minimum Gasteiger partial charge on any atom is -0.491 e. The minimum atomic E-state index is -0.250. The molecule has 0 atom stereocenters. The van der Waals surface area contributed by atoms with Gasteiger partial charge in [0.15, 0.2) is 0 Å². The molecule has 2 heterocycles. The van der Waals surface area contributed by atoms with Crippen LogP contribution in [0.2, 0.25) is 0 Å². The molecule has 0 aliphatic carbocycles. The topological polar surface area (TPSA) is 114 Å². The average molecular weight is 378 g/mol. The van der Waals surface area contributed by atoms with Crippen molar-refractivity contribution < 1.29 is 29.6 Å². The predicted octanol–water partition coefficient (Wildman–Crippen LogP) is 1.41. The van der Waals surface area contributed by atoms with Crippen LogP contribution in [0.15, 0.2) is 36.7 Å². The Hall–Kier alpha value is -2.42. The van der Waals surface area contributed by atoms with Gasteiger partial charge in [0, 0.05) is 43.1 Å². The molecule has 0 amide bonds. The summed E-state index contributed by atoms with van der Waals surface area (Å²) in [7, 11) is 0. The quantitative estimate of drug-likeness (QED) is 0.624. The van der Waals surface area contributed by atoms with Crippen LogP contribution in [0, 0.1) is 5.41 Å². The van der Waals surface area contributed by atoms with Crippen molar-refractivity contribution in [3.8, 4) is 17.1 Å². The number of aliphatic hydroxyl groups is 2. The van der Waals surface area contributed by atoms with Crippen molar-refractivity contribution in [1.82, 2.24) is 9.55 Å². The number of carboxylic acid groups (broad SMARTS) is 1. The van der Waals surface area contributed by atoms with Gasteiger partial charge in [0.05, 0.1) is 13.2 Å². The first-order valence-corrected chi connectivity index (χ1v) is 8.80. The zero-order valence-corrected chi connectivity index (χ0v) is 15.2. The molecule has 8 heteroatoms. The number of rotatable bonds is 7. The van der Waals surface area contributed by atoms with E-state index in [1.54, 1.807) is 6.20 Å². The number of aromatic nitrogens is 2. The van der Waals surface area contributed by atoms with Crippen LogP contribution in [0.3, 0.4) is 0 Å². The number of imidazole rings is 1. The second-order valence-corrected chi connectivity index (χ2v) is 6.35. The Morgan fingerprint density at radius 1 is 1.22 bits per heavy atom. The van der Waals surface area contributed by atoms with E-state index in [0.29, 0.717) is 13.2 Å². The first-order valence-electron chi connectivity index (χ1n) is 8.80. The third kappa shape index (κ3) is 5.78. The van der Waals surface area contributed by atoms with Crippen LogP contribution in [0.5, 0.6) is 5.75 Å². The molecule has 1 aromatic carbocycles. The summed E-state index contributed by atoms with van der Waals surface area (Å²) in [4.78, 5) is 12.8. The maximum absolute atomic E-state index is 9.89. The van der Waals surface area contributed by atoms with Crippen molar-refractivity contribution in [2.75, 3.05) is 33.0 Å². The second-order valence-electron chi connectivity index (χ2n) is 6.35. The molecule has 3 N–H and O–H groups in total. The highest BCUT2D eigenvalue weighted by atomic mass is 16.5. The van der Waals surface area contributed by atoms with E-state index in [1.807, 2.05) is 30.5 Å². The SMILES string of the molecule is O=CO.OCCOc1ccc(-c2nccn2CC2(CO)CCOCC2)cc1. The molecule has 1 saturated heterocycles. The number of aliphatic hydroxyl groups excluding tert-OH is 2. The third-order valence-electron chi connectivity index (χ3n) is 4.58. The summed E-state index contributed by atoms with van der Waals surface area (Å²) >= 11 is 0. The summed E-state index contributed by atoms with van der Waals surface area (Å²) in [5.74, 6) is 1.60. The van der Waals surface area contributed by atoms with Crippen LogP contribution < -0.4 is 4.74 Å². The summed E-state index contributed by atoms with van der Waals surface area (Å²) in [5, 5.41) is 25.6. The zero-order chi connectivity index (χ0) is 19.5. The molecular weight excluding hydrogens is 352 g/mol. The zero-order valence-electron chi connectivity index (χ0n) is 15.2. The molecule has 1 aliphatic heterocycles. The summed E-state index contributed by atoms with van der Waals surface area (Å²) in [6.07, 6.45) is 5.46. The molecule has 2 aromatic rings. The van der Waals surface area contributed by atoms with Crippen LogP contribution in [0.1, 0.15) is 12.8 Å². The Bertz CT molecular complexity index is 680. The number of benzene rings is 1. The molecule has 3 rings (SSSR count). The van der Waals surface area contributed by atoms with Gasteiger partial charge in [0.1, 0.15) is 18.2 Å². The van der Waals surface area contributed by atoms with Crippen molar-refractivity contribution in [3.63, 3.8) is 0 Å². The lowest BCUT2D eigenvalue weighted by atomic mass is 9.81. The molecule has 27 heavy (non-hydrogen) atoms. The summed E-state index contributed by atoms with van der Waals surface area (Å²) in [6, 6.07) is 7.67. The molecule has 0 unspecified atom stereocenters. The Balaban J connectivity index is 0.000000817. The second kappa shape index (κ2) is 10.7. The Morgan fingerprint density at radius 2 is 1.89 bits per heavy atom. The molecule has 0 spiro atoms. The molecule has 0 radical (unpaired) electrons. The average Bonchev–Trinajstić information content (AvgIpc) is 3.16. The van der Waals surface area contributed by atoms with Gasteiger partial charge in [0.2, 0.25) is 0 Å². The van der Waals surface area contributed by atoms with E-state index in [9.17, 15) is 5.11 Å². The van der Waals surface area contributed by atoms with Crippen LogP contribution >= 0.6 is 0 Å². The van der Waals surface area contributed by atoms with E-state index in [-0.39, 0.29) is 31.7 Å². The summed E-state index contributed by atoms with van der Waals surface area (Å²) in [6.45, 7) is 2.31. The summed E-state index contributed by atoms with van der Waals surface area (Å²) in [5.41, 5.74) is 0.856. The van der Waals surface area contributed by atoms with Crippen molar-refractivity contribution in [2.45, 2.75) is 19.4 Å². The largest absolute Gasteiger partial charge is 0.491 e. The molecule has 1 fully saturated rings. The third-order valence-corrected chi connectivity index (χ3v) is 4.58. The lowest BCUT2D eigenvalue weighted by Crippen LogP contribution is -2.37. The van der Waals surface area contributed by atoms with Gasteiger partial charge in [-0.25, -0.2) is 4.98 Å². The lowest BCUT2D eigenvalue weighted by Gasteiger charge is -2.36. The number of ether oxygens (including phenoxy) is 2. The van der Waals surface area contributed by atoms with Gasteiger partial charge in [-0.15, -0.1) is 0 Å². The van der Waals surface area contributed by atoms with E-state index in [0.717, 1.165) is 36.5 Å². The van der Waals surface area contributed by atoms with Crippen LogP contribution in [-0.4, -0.2) is 64.4 Å². The van der Waals surface area contributed by atoms with Gasteiger partial charge in [-0.05, 0) is 37.1 Å². The Morgan fingerprint density at radius 3 is 2.48 bits per heavy atom. The van der Waals surface area contributed by atoms with Gasteiger partial charge in [-0.1, -0.05) is 0 Å². The van der Waals surface area contributed by atoms with Gasteiger partial charge in [-0.2, -0.15) is 0 Å². The molecular formula is C19H26N2O6. The lowest BCUT2D eigenvalue weighted by molar-refractivity contribution is -0.122. The summed E-state index contributed by atoms with van der Waals surface area (Å²) < 4.78 is 12.9. The highest BCUT2D eigenvalue weighted by Gasteiger charge is 2.33. The van der Waals surface area contributed by atoms with Crippen molar-refractivity contribution in [3.05, 3.63) is 36.7 Å². The normalized spacial score (nSPS) is 15.5. The highest BCUT2D eigenvalue weighted by Crippen LogP contribution is 2.33.